The van der Waals surface area contributed by atoms with E-state index in [1.54, 1.807) is 18.0 Å². The van der Waals surface area contributed by atoms with Crippen LogP contribution in [-0.4, -0.2) is 39.0 Å². The molecule has 0 radical (unpaired) electrons. The molecule has 7 nitrogen and oxygen atoms in total. The Kier molecular flexibility index (Phi) is 5.70. The Bertz CT molecular complexity index is 1200. The first-order chi connectivity index (χ1) is 15.6. The lowest BCUT2D eigenvalue weighted by atomic mass is 9.96. The van der Waals surface area contributed by atoms with Crippen molar-refractivity contribution in [2.24, 2.45) is 0 Å². The van der Waals surface area contributed by atoms with Crippen LogP contribution in [0.4, 0.5) is 0 Å². The number of benzene rings is 1. The summed E-state index contributed by atoms with van der Waals surface area (Å²) in [6.45, 7) is 5.18. The maximum Gasteiger partial charge on any atom is 0.256 e. The van der Waals surface area contributed by atoms with E-state index in [-0.39, 0.29) is 11.8 Å². The summed E-state index contributed by atoms with van der Waals surface area (Å²) in [5, 5.41) is 4.74. The zero-order valence-corrected chi connectivity index (χ0v) is 18.9. The highest BCUT2D eigenvalue weighted by Gasteiger charge is 2.29. The molecule has 0 N–H and O–H groups in total. The van der Waals surface area contributed by atoms with Gasteiger partial charge in [0.1, 0.15) is 16.3 Å². The number of pyridine rings is 1. The number of amides is 1. The standard InChI is InChI=1S/C24H24N4O3S/c1-15-19(16(2)31-27-15)14-32-23-18(6-5-11-25-23)24(29)28-12-9-17(10-13-28)22-26-20-7-3-4-8-21(20)30-22/h3-8,11,17H,9-10,12-14H2,1-2H3. The smallest absolute Gasteiger partial charge is 0.256 e. The van der Waals surface area contributed by atoms with Crippen molar-refractivity contribution in [2.45, 2.75) is 43.4 Å². The van der Waals surface area contributed by atoms with Crippen LogP contribution in [0.3, 0.4) is 0 Å². The number of aromatic nitrogens is 3. The second kappa shape index (κ2) is 8.78. The molecule has 1 saturated heterocycles. The average molecular weight is 449 g/mol. The zero-order valence-electron chi connectivity index (χ0n) is 18.1. The molecule has 8 heteroatoms. The van der Waals surface area contributed by atoms with Gasteiger partial charge in [-0.15, -0.1) is 11.8 Å². The van der Waals surface area contributed by atoms with Gasteiger partial charge in [-0.05, 0) is 51.0 Å². The fourth-order valence-electron chi connectivity index (χ4n) is 4.08. The number of oxazole rings is 1. The van der Waals surface area contributed by atoms with E-state index in [4.69, 9.17) is 8.94 Å². The van der Waals surface area contributed by atoms with Crippen LogP contribution in [0.15, 0.2) is 56.6 Å². The Morgan fingerprint density at radius 2 is 1.97 bits per heavy atom. The first-order valence-electron chi connectivity index (χ1n) is 10.7. The van der Waals surface area contributed by atoms with Crippen molar-refractivity contribution in [3.63, 3.8) is 0 Å². The predicted molar refractivity (Wildman–Crippen MR) is 122 cm³/mol. The number of fused-ring (bicyclic) bond motifs is 1. The largest absolute Gasteiger partial charge is 0.440 e. The Hall–Kier alpha value is -3.13. The third-order valence-corrected chi connectivity index (χ3v) is 7.01. The van der Waals surface area contributed by atoms with Crippen LogP contribution in [-0.2, 0) is 5.75 Å². The number of nitrogens with zero attached hydrogens (tertiary/aromatic N) is 4. The topological polar surface area (TPSA) is 85.3 Å². The molecule has 0 spiro atoms. The lowest BCUT2D eigenvalue weighted by molar-refractivity contribution is 0.0702. The Balaban J connectivity index is 1.26. The van der Waals surface area contributed by atoms with E-state index in [2.05, 4.69) is 15.1 Å². The van der Waals surface area contributed by atoms with E-state index in [1.165, 1.54) is 0 Å². The molecule has 0 bridgehead atoms. The van der Waals surface area contributed by atoms with Gasteiger partial charge in [-0.2, -0.15) is 0 Å². The quantitative estimate of drug-likeness (QED) is 0.391. The average Bonchev–Trinajstić information content (AvgIpc) is 3.40. The van der Waals surface area contributed by atoms with Crippen molar-refractivity contribution in [2.75, 3.05) is 13.1 Å². The molecule has 3 aromatic heterocycles. The predicted octanol–water partition coefficient (Wildman–Crippen LogP) is 5.14. The van der Waals surface area contributed by atoms with Gasteiger partial charge >= 0.3 is 0 Å². The minimum absolute atomic E-state index is 0.0235. The summed E-state index contributed by atoms with van der Waals surface area (Å²) in [4.78, 5) is 24.3. The SMILES string of the molecule is Cc1noc(C)c1CSc1ncccc1C(=O)N1CCC(c2nc3ccccc3o2)CC1. The number of hydrogen-bond donors (Lipinski definition) is 0. The normalized spacial score (nSPS) is 14.9. The Morgan fingerprint density at radius 1 is 1.16 bits per heavy atom. The molecule has 32 heavy (non-hydrogen) atoms. The van der Waals surface area contributed by atoms with Crippen molar-refractivity contribution in [3.8, 4) is 0 Å². The molecule has 0 saturated carbocycles. The number of hydrogen-bond acceptors (Lipinski definition) is 7. The van der Waals surface area contributed by atoms with Gasteiger partial charge in [-0.1, -0.05) is 17.3 Å². The molecule has 0 unspecified atom stereocenters. The van der Waals surface area contributed by atoms with Crippen LogP contribution in [0.2, 0.25) is 0 Å². The lowest BCUT2D eigenvalue weighted by Crippen LogP contribution is -2.38. The van der Waals surface area contributed by atoms with E-state index < -0.39 is 0 Å². The van der Waals surface area contributed by atoms with Crippen molar-refractivity contribution in [3.05, 3.63) is 71.1 Å². The minimum Gasteiger partial charge on any atom is -0.440 e. The van der Waals surface area contributed by atoms with Crippen LogP contribution < -0.4 is 0 Å². The van der Waals surface area contributed by atoms with E-state index in [0.717, 1.165) is 51.9 Å². The molecule has 1 amide bonds. The summed E-state index contributed by atoms with van der Waals surface area (Å²) in [6.07, 6.45) is 3.40. The molecule has 164 valence electrons. The summed E-state index contributed by atoms with van der Waals surface area (Å²) >= 11 is 1.54. The van der Waals surface area contributed by atoms with E-state index in [9.17, 15) is 4.79 Å². The second-order valence-corrected chi connectivity index (χ2v) is 9.00. The zero-order chi connectivity index (χ0) is 22.1. The number of rotatable bonds is 5. The van der Waals surface area contributed by atoms with Crippen LogP contribution in [0.1, 0.15) is 52.0 Å². The Labute approximate surface area is 190 Å². The number of piperidine rings is 1. The van der Waals surface area contributed by atoms with Crippen LogP contribution >= 0.6 is 11.8 Å². The van der Waals surface area contributed by atoms with Crippen molar-refractivity contribution in [1.29, 1.82) is 0 Å². The van der Waals surface area contributed by atoms with Crippen LogP contribution in [0.5, 0.6) is 0 Å². The molecule has 4 heterocycles. The number of para-hydroxylation sites is 2. The molecule has 4 aromatic rings. The fraction of sp³-hybridized carbons (Fsp3) is 0.333. The highest BCUT2D eigenvalue weighted by Crippen LogP contribution is 2.32. The molecular formula is C24H24N4O3S. The molecule has 1 aliphatic heterocycles. The summed E-state index contributed by atoms with van der Waals surface area (Å²) < 4.78 is 11.2. The van der Waals surface area contributed by atoms with Crippen molar-refractivity contribution < 1.29 is 13.7 Å². The highest BCUT2D eigenvalue weighted by molar-refractivity contribution is 7.98. The van der Waals surface area contributed by atoms with Gasteiger partial charge in [-0.25, -0.2) is 9.97 Å². The van der Waals surface area contributed by atoms with E-state index >= 15 is 0 Å². The van der Waals surface area contributed by atoms with Gasteiger partial charge in [0, 0.05) is 36.5 Å². The van der Waals surface area contributed by atoms with Gasteiger partial charge in [-0.3, -0.25) is 4.79 Å². The lowest BCUT2D eigenvalue weighted by Gasteiger charge is -2.31. The third-order valence-electron chi connectivity index (χ3n) is 5.98. The molecule has 1 aliphatic rings. The summed E-state index contributed by atoms with van der Waals surface area (Å²) in [6, 6.07) is 11.5. The van der Waals surface area contributed by atoms with Gasteiger partial charge in [0.2, 0.25) is 0 Å². The number of carbonyl (C=O) groups excluding carboxylic acids is 1. The van der Waals surface area contributed by atoms with Gasteiger partial charge in [0.15, 0.2) is 11.5 Å². The van der Waals surface area contributed by atoms with Gasteiger partial charge in [0.25, 0.3) is 5.91 Å². The maximum absolute atomic E-state index is 13.3. The maximum atomic E-state index is 13.3. The van der Waals surface area contributed by atoms with Gasteiger partial charge < -0.3 is 13.8 Å². The summed E-state index contributed by atoms with van der Waals surface area (Å²) in [5.74, 6) is 2.50. The molecule has 0 atom stereocenters. The first-order valence-corrected chi connectivity index (χ1v) is 11.7. The monoisotopic (exact) mass is 448 g/mol. The van der Waals surface area contributed by atoms with Crippen molar-refractivity contribution in [1.82, 2.24) is 20.0 Å². The number of likely N-dealkylation sites (tertiary alicyclic amines) is 1. The summed E-state index contributed by atoms with van der Waals surface area (Å²) in [7, 11) is 0. The second-order valence-electron chi connectivity index (χ2n) is 8.03. The molecule has 5 rings (SSSR count). The molecule has 1 aromatic carbocycles. The van der Waals surface area contributed by atoms with E-state index in [1.807, 2.05) is 55.1 Å². The minimum atomic E-state index is 0.0235. The highest BCUT2D eigenvalue weighted by atomic mass is 32.2. The summed E-state index contributed by atoms with van der Waals surface area (Å²) in [5.41, 5.74) is 4.27. The van der Waals surface area contributed by atoms with Crippen molar-refractivity contribution >= 4 is 28.8 Å². The van der Waals surface area contributed by atoms with E-state index in [0.29, 0.717) is 24.4 Å². The first kappa shape index (κ1) is 20.8. The van der Waals surface area contributed by atoms with Gasteiger partial charge in [0.05, 0.1) is 11.3 Å². The Morgan fingerprint density at radius 3 is 2.72 bits per heavy atom. The number of carbonyl (C=O) groups is 1. The molecule has 0 aliphatic carbocycles. The number of thioether (sulfide) groups is 1. The fourth-order valence-corrected chi connectivity index (χ4v) is 5.22. The molecular weight excluding hydrogens is 424 g/mol. The van der Waals surface area contributed by atoms with Crippen LogP contribution in [0, 0.1) is 13.8 Å². The van der Waals surface area contributed by atoms with Crippen LogP contribution in [0.25, 0.3) is 11.1 Å². The number of aryl methyl sites for hydroxylation is 2. The third kappa shape index (κ3) is 4.02. The molecule has 1 fully saturated rings.